The number of carboxylic acids is 1. The zero-order valence-electron chi connectivity index (χ0n) is 15.9. The fourth-order valence-electron chi connectivity index (χ4n) is 2.71. The van der Waals surface area contributed by atoms with Crippen molar-refractivity contribution in [2.45, 2.75) is 26.9 Å². The SMILES string of the molecule is Cc1cccc(NC(=O)c2ccc(OC(C)c3ccc(C(=O)O)o3)cc2)c1C. The summed E-state index contributed by atoms with van der Waals surface area (Å²) in [6, 6.07) is 15.5. The maximum atomic E-state index is 12.5. The zero-order chi connectivity index (χ0) is 20.3. The number of aromatic carboxylic acids is 1. The summed E-state index contributed by atoms with van der Waals surface area (Å²) in [6.45, 7) is 5.72. The average Bonchev–Trinajstić information content (AvgIpc) is 3.17. The van der Waals surface area contributed by atoms with E-state index in [1.54, 1.807) is 37.3 Å². The third kappa shape index (κ3) is 4.23. The first-order valence-corrected chi connectivity index (χ1v) is 8.82. The number of aryl methyl sites for hydroxylation is 1. The Kier molecular flexibility index (Phi) is 5.49. The molecule has 3 rings (SSSR count). The Hall–Kier alpha value is -3.54. The van der Waals surface area contributed by atoms with E-state index in [0.29, 0.717) is 17.1 Å². The van der Waals surface area contributed by atoms with Crippen LogP contribution in [0.3, 0.4) is 0 Å². The van der Waals surface area contributed by atoms with E-state index < -0.39 is 12.1 Å². The molecule has 0 fully saturated rings. The molecule has 6 heteroatoms. The molecule has 0 spiro atoms. The highest BCUT2D eigenvalue weighted by Crippen LogP contribution is 2.24. The Balaban J connectivity index is 1.66. The van der Waals surface area contributed by atoms with Gasteiger partial charge >= 0.3 is 5.97 Å². The monoisotopic (exact) mass is 379 g/mol. The van der Waals surface area contributed by atoms with Crippen LogP contribution in [0.5, 0.6) is 5.75 Å². The van der Waals surface area contributed by atoms with Gasteiger partial charge in [0.25, 0.3) is 5.91 Å². The number of anilines is 1. The molecule has 1 unspecified atom stereocenters. The summed E-state index contributed by atoms with van der Waals surface area (Å²) in [4.78, 5) is 23.4. The second kappa shape index (κ2) is 8.00. The molecule has 0 saturated carbocycles. The lowest BCUT2D eigenvalue weighted by atomic mass is 10.1. The molecular weight excluding hydrogens is 358 g/mol. The molecule has 6 nitrogen and oxygen atoms in total. The molecule has 1 amide bonds. The van der Waals surface area contributed by atoms with Gasteiger partial charge in [0.15, 0.2) is 6.10 Å². The van der Waals surface area contributed by atoms with E-state index in [2.05, 4.69) is 5.32 Å². The van der Waals surface area contributed by atoms with E-state index >= 15 is 0 Å². The van der Waals surface area contributed by atoms with Gasteiger partial charge in [-0.3, -0.25) is 4.79 Å². The van der Waals surface area contributed by atoms with E-state index in [1.165, 1.54) is 6.07 Å². The summed E-state index contributed by atoms with van der Waals surface area (Å²) < 4.78 is 11.0. The van der Waals surface area contributed by atoms with Gasteiger partial charge in [-0.05, 0) is 74.4 Å². The van der Waals surface area contributed by atoms with Crippen LogP contribution in [0.15, 0.2) is 59.0 Å². The van der Waals surface area contributed by atoms with Gasteiger partial charge in [0.05, 0.1) is 0 Å². The minimum atomic E-state index is -1.13. The van der Waals surface area contributed by atoms with Crippen molar-refractivity contribution in [1.82, 2.24) is 0 Å². The second-order valence-electron chi connectivity index (χ2n) is 6.49. The lowest BCUT2D eigenvalue weighted by Crippen LogP contribution is -2.13. The van der Waals surface area contributed by atoms with Crippen LogP contribution in [0.4, 0.5) is 5.69 Å². The molecule has 3 aromatic rings. The lowest BCUT2D eigenvalue weighted by molar-refractivity contribution is 0.0655. The van der Waals surface area contributed by atoms with Crippen LogP contribution < -0.4 is 10.1 Å². The van der Waals surface area contributed by atoms with Gasteiger partial charge in [0, 0.05) is 11.3 Å². The van der Waals surface area contributed by atoms with Crippen molar-refractivity contribution < 1.29 is 23.8 Å². The number of carbonyl (C=O) groups excluding carboxylic acids is 1. The predicted octanol–water partition coefficient (Wildman–Crippen LogP) is 4.99. The summed E-state index contributed by atoms with van der Waals surface area (Å²) in [5.41, 5.74) is 3.43. The van der Waals surface area contributed by atoms with Crippen molar-refractivity contribution in [1.29, 1.82) is 0 Å². The van der Waals surface area contributed by atoms with Crippen LogP contribution in [-0.2, 0) is 0 Å². The number of benzene rings is 2. The third-order valence-corrected chi connectivity index (χ3v) is 4.52. The Bertz CT molecular complexity index is 1000. The van der Waals surface area contributed by atoms with Gasteiger partial charge in [0.1, 0.15) is 11.5 Å². The summed E-state index contributed by atoms with van der Waals surface area (Å²) in [6.07, 6.45) is -0.470. The lowest BCUT2D eigenvalue weighted by Gasteiger charge is -2.13. The number of ether oxygens (including phenoxy) is 1. The topological polar surface area (TPSA) is 88.8 Å². The highest BCUT2D eigenvalue weighted by molar-refractivity contribution is 6.04. The van der Waals surface area contributed by atoms with E-state index in [-0.39, 0.29) is 11.7 Å². The summed E-state index contributed by atoms with van der Waals surface area (Å²) in [7, 11) is 0. The summed E-state index contributed by atoms with van der Waals surface area (Å²) >= 11 is 0. The highest BCUT2D eigenvalue weighted by Gasteiger charge is 2.16. The van der Waals surface area contributed by atoms with E-state index in [1.807, 2.05) is 32.0 Å². The van der Waals surface area contributed by atoms with Crippen LogP contribution in [0.25, 0.3) is 0 Å². The Labute approximate surface area is 162 Å². The number of furan rings is 1. The van der Waals surface area contributed by atoms with E-state index in [9.17, 15) is 9.59 Å². The minimum absolute atomic E-state index is 0.135. The largest absolute Gasteiger partial charge is 0.483 e. The smallest absolute Gasteiger partial charge is 0.371 e. The number of hydrogen-bond donors (Lipinski definition) is 2. The molecule has 0 saturated heterocycles. The van der Waals surface area contributed by atoms with Gasteiger partial charge < -0.3 is 19.6 Å². The predicted molar refractivity (Wildman–Crippen MR) is 105 cm³/mol. The fourth-order valence-corrected chi connectivity index (χ4v) is 2.71. The molecule has 0 aliphatic carbocycles. The van der Waals surface area contributed by atoms with Crippen molar-refractivity contribution >= 4 is 17.6 Å². The third-order valence-electron chi connectivity index (χ3n) is 4.52. The van der Waals surface area contributed by atoms with E-state index in [0.717, 1.165) is 16.8 Å². The quantitative estimate of drug-likeness (QED) is 0.630. The van der Waals surface area contributed by atoms with Crippen molar-refractivity contribution in [3.05, 3.63) is 82.8 Å². The van der Waals surface area contributed by atoms with Crippen LogP contribution in [0, 0.1) is 13.8 Å². The number of amides is 1. The number of nitrogens with one attached hydrogen (secondary N) is 1. The normalized spacial score (nSPS) is 11.7. The molecule has 28 heavy (non-hydrogen) atoms. The van der Waals surface area contributed by atoms with Crippen molar-refractivity contribution in [2.24, 2.45) is 0 Å². The minimum Gasteiger partial charge on any atom is -0.483 e. The molecule has 2 aromatic carbocycles. The first-order chi connectivity index (χ1) is 13.3. The van der Waals surface area contributed by atoms with Gasteiger partial charge in [-0.15, -0.1) is 0 Å². The molecule has 1 aromatic heterocycles. The molecule has 2 N–H and O–H groups in total. The van der Waals surface area contributed by atoms with E-state index in [4.69, 9.17) is 14.3 Å². The van der Waals surface area contributed by atoms with Crippen LogP contribution in [-0.4, -0.2) is 17.0 Å². The standard InChI is InChI=1S/C22H21NO5/c1-13-5-4-6-18(14(13)2)23-21(24)16-7-9-17(10-8-16)27-15(3)19-11-12-20(28-19)22(25)26/h4-12,15H,1-3H3,(H,23,24)(H,25,26). The average molecular weight is 379 g/mol. The van der Waals surface area contributed by atoms with Crippen molar-refractivity contribution in [2.75, 3.05) is 5.32 Å². The zero-order valence-corrected chi connectivity index (χ0v) is 15.9. The van der Waals surface area contributed by atoms with Gasteiger partial charge in [-0.25, -0.2) is 4.79 Å². The van der Waals surface area contributed by atoms with Crippen LogP contribution >= 0.6 is 0 Å². The van der Waals surface area contributed by atoms with Crippen LogP contribution in [0.1, 0.15) is 50.8 Å². The maximum Gasteiger partial charge on any atom is 0.371 e. The number of carboxylic acid groups (broad SMARTS) is 1. The first-order valence-electron chi connectivity index (χ1n) is 8.82. The molecule has 1 heterocycles. The molecule has 0 radical (unpaired) electrons. The van der Waals surface area contributed by atoms with Gasteiger partial charge in [-0.1, -0.05) is 12.1 Å². The Morgan fingerprint density at radius 2 is 1.75 bits per heavy atom. The molecule has 0 aliphatic rings. The summed E-state index contributed by atoms with van der Waals surface area (Å²) in [5, 5.41) is 11.8. The molecule has 1 atom stereocenters. The molecule has 144 valence electrons. The highest BCUT2D eigenvalue weighted by atomic mass is 16.5. The molecule has 0 bridgehead atoms. The summed E-state index contributed by atoms with van der Waals surface area (Å²) in [5.74, 6) is -0.509. The van der Waals surface area contributed by atoms with Crippen LogP contribution in [0.2, 0.25) is 0 Å². The number of hydrogen-bond acceptors (Lipinski definition) is 4. The van der Waals surface area contributed by atoms with Gasteiger partial charge in [-0.2, -0.15) is 0 Å². The fraction of sp³-hybridized carbons (Fsp3) is 0.182. The first kappa shape index (κ1) is 19.2. The number of rotatable bonds is 6. The number of carbonyl (C=O) groups is 2. The maximum absolute atomic E-state index is 12.5. The molecule has 0 aliphatic heterocycles. The second-order valence-corrected chi connectivity index (χ2v) is 6.49. The van der Waals surface area contributed by atoms with Crippen molar-refractivity contribution in [3.63, 3.8) is 0 Å². The van der Waals surface area contributed by atoms with Gasteiger partial charge in [0.2, 0.25) is 5.76 Å². The Morgan fingerprint density at radius 3 is 2.39 bits per heavy atom. The van der Waals surface area contributed by atoms with Crippen molar-refractivity contribution in [3.8, 4) is 5.75 Å². The Morgan fingerprint density at radius 1 is 1.04 bits per heavy atom. The molecular formula is C22H21NO5.